The average Bonchev–Trinajstić information content (AvgIpc) is 2.77. The van der Waals surface area contributed by atoms with Crippen LogP contribution >= 0.6 is 12.4 Å². The number of hydrogen-bond donors (Lipinski definition) is 2. The Bertz CT molecular complexity index is 1100. The highest BCUT2D eigenvalue weighted by Crippen LogP contribution is 2.49. The van der Waals surface area contributed by atoms with Crippen molar-refractivity contribution in [2.24, 2.45) is 0 Å². The number of nitrogens with one attached hydrogen (secondary N) is 1. The lowest BCUT2D eigenvalue weighted by molar-refractivity contribution is -0.127. The number of para-hydroxylation sites is 2. The lowest BCUT2D eigenvalue weighted by atomic mass is 9.64. The Balaban J connectivity index is 0.00000306. The number of benzene rings is 2. The maximum Gasteiger partial charge on any atom is 0.359 e. The van der Waals surface area contributed by atoms with Gasteiger partial charge in [0.05, 0.1) is 25.3 Å². The molecule has 2 bridgehead atoms. The first kappa shape index (κ1) is 25.1. The molecule has 4 rings (SSSR count). The van der Waals surface area contributed by atoms with Gasteiger partial charge in [0.15, 0.2) is 0 Å². The van der Waals surface area contributed by atoms with Crippen molar-refractivity contribution in [3.05, 3.63) is 54.1 Å². The number of nitrogens with zero attached hydrogens (tertiary/aromatic N) is 1. The minimum atomic E-state index is -4.70. The molecule has 2 unspecified atom stereocenters. The van der Waals surface area contributed by atoms with Gasteiger partial charge in [-0.1, -0.05) is 24.3 Å². The molecule has 2 aromatic rings. The van der Waals surface area contributed by atoms with Gasteiger partial charge in [-0.25, -0.2) is 4.72 Å². The molecular weight excluding hydrogens is 468 g/mol. The van der Waals surface area contributed by atoms with Gasteiger partial charge in [0.2, 0.25) is 5.91 Å². The Morgan fingerprint density at radius 1 is 1.06 bits per heavy atom. The molecule has 33 heavy (non-hydrogen) atoms. The minimum absolute atomic E-state index is 0. The number of carbonyl (C=O) groups is 1. The molecule has 0 saturated carbocycles. The van der Waals surface area contributed by atoms with Gasteiger partial charge >= 0.3 is 10.3 Å². The standard InChI is InChI=1S/C23H28N2O6S.ClH/c1-30-19-10-5-7-16(13-19)23(22(26)24-32(27,28)29)14-17-8-6-9-18(15-23)25(17)20-11-3-4-12-21(20)31-2;/h3-5,7,10-13,17-18H,6,8-9,14-15H2,1-2H3,(H,24,26)(H,27,28,29);1H. The van der Waals surface area contributed by atoms with E-state index in [2.05, 4.69) is 4.90 Å². The zero-order valence-electron chi connectivity index (χ0n) is 18.6. The van der Waals surface area contributed by atoms with E-state index in [1.54, 1.807) is 32.4 Å². The molecule has 10 heteroatoms. The van der Waals surface area contributed by atoms with Crippen LogP contribution in [0.25, 0.3) is 0 Å². The summed E-state index contributed by atoms with van der Waals surface area (Å²) in [6, 6.07) is 15.0. The number of anilines is 1. The van der Waals surface area contributed by atoms with E-state index in [1.807, 2.05) is 35.1 Å². The lowest BCUT2D eigenvalue weighted by Crippen LogP contribution is -2.61. The van der Waals surface area contributed by atoms with Gasteiger partial charge in [-0.2, -0.15) is 8.42 Å². The fraction of sp³-hybridized carbons (Fsp3) is 0.435. The molecule has 1 amide bonds. The predicted molar refractivity (Wildman–Crippen MR) is 128 cm³/mol. The first-order valence-corrected chi connectivity index (χ1v) is 12.1. The van der Waals surface area contributed by atoms with Crippen LogP contribution in [-0.2, 0) is 20.5 Å². The number of carbonyl (C=O) groups excluding carboxylic acids is 1. The van der Waals surface area contributed by atoms with Crippen LogP contribution in [0.1, 0.15) is 37.7 Å². The summed E-state index contributed by atoms with van der Waals surface area (Å²) in [6.07, 6.45) is 3.54. The van der Waals surface area contributed by atoms with Gasteiger partial charge in [0, 0.05) is 12.1 Å². The number of methoxy groups -OCH3 is 2. The predicted octanol–water partition coefficient (Wildman–Crippen LogP) is 3.50. The van der Waals surface area contributed by atoms with Crippen LogP contribution in [-0.4, -0.2) is 45.2 Å². The van der Waals surface area contributed by atoms with Crippen molar-refractivity contribution in [3.8, 4) is 11.5 Å². The fourth-order valence-corrected chi connectivity index (χ4v) is 5.81. The van der Waals surface area contributed by atoms with Crippen molar-refractivity contribution in [1.82, 2.24) is 4.72 Å². The fourth-order valence-electron chi connectivity index (χ4n) is 5.38. The molecule has 0 radical (unpaired) electrons. The van der Waals surface area contributed by atoms with Gasteiger partial charge in [0.25, 0.3) is 0 Å². The molecule has 2 atom stereocenters. The summed E-state index contributed by atoms with van der Waals surface area (Å²) in [4.78, 5) is 15.7. The molecule has 2 fully saturated rings. The monoisotopic (exact) mass is 496 g/mol. The van der Waals surface area contributed by atoms with Crippen LogP contribution in [0.5, 0.6) is 11.5 Å². The summed E-state index contributed by atoms with van der Waals surface area (Å²) in [6.45, 7) is 0. The third-order valence-electron chi connectivity index (χ3n) is 6.67. The second-order valence-corrected chi connectivity index (χ2v) is 9.60. The first-order chi connectivity index (χ1) is 15.3. The van der Waals surface area contributed by atoms with Crippen LogP contribution in [0.2, 0.25) is 0 Å². The second kappa shape index (κ2) is 9.79. The summed E-state index contributed by atoms with van der Waals surface area (Å²) < 4.78 is 45.3. The topological polar surface area (TPSA) is 105 Å². The Kier molecular flexibility index (Phi) is 7.45. The summed E-state index contributed by atoms with van der Waals surface area (Å²) in [5.74, 6) is 0.629. The third kappa shape index (κ3) is 4.90. The Hall–Kier alpha value is -2.49. The molecule has 8 nitrogen and oxygen atoms in total. The van der Waals surface area contributed by atoms with E-state index in [9.17, 15) is 17.8 Å². The summed E-state index contributed by atoms with van der Waals surface area (Å²) >= 11 is 0. The largest absolute Gasteiger partial charge is 0.497 e. The number of hydrogen-bond acceptors (Lipinski definition) is 6. The summed E-state index contributed by atoms with van der Waals surface area (Å²) in [5, 5.41) is 0. The Labute approximate surface area is 200 Å². The van der Waals surface area contributed by atoms with E-state index >= 15 is 0 Å². The molecular formula is C23H29ClN2O6S. The van der Waals surface area contributed by atoms with Gasteiger partial charge in [-0.05, 0) is 61.9 Å². The number of rotatable bonds is 6. The van der Waals surface area contributed by atoms with E-state index in [4.69, 9.17) is 9.47 Å². The van der Waals surface area contributed by atoms with E-state index in [-0.39, 0.29) is 24.5 Å². The van der Waals surface area contributed by atoms with E-state index in [1.165, 1.54) is 0 Å². The molecule has 2 heterocycles. The van der Waals surface area contributed by atoms with Crippen molar-refractivity contribution in [2.75, 3.05) is 19.1 Å². The molecule has 2 aliphatic heterocycles. The maximum absolute atomic E-state index is 13.4. The van der Waals surface area contributed by atoms with Gasteiger partial charge < -0.3 is 14.4 Å². The molecule has 2 N–H and O–H groups in total. The van der Waals surface area contributed by atoms with Crippen LogP contribution in [0.4, 0.5) is 5.69 Å². The maximum atomic E-state index is 13.4. The molecule has 0 aromatic heterocycles. The second-order valence-electron chi connectivity index (χ2n) is 8.45. The Morgan fingerprint density at radius 2 is 1.73 bits per heavy atom. The first-order valence-electron chi connectivity index (χ1n) is 10.6. The van der Waals surface area contributed by atoms with Crippen molar-refractivity contribution >= 4 is 34.3 Å². The number of halogens is 1. The molecule has 2 aromatic carbocycles. The smallest absolute Gasteiger partial charge is 0.359 e. The molecule has 2 saturated heterocycles. The molecule has 0 aliphatic carbocycles. The minimum Gasteiger partial charge on any atom is -0.497 e. The Morgan fingerprint density at radius 3 is 2.33 bits per heavy atom. The van der Waals surface area contributed by atoms with Gasteiger partial charge in [-0.15, -0.1) is 12.4 Å². The van der Waals surface area contributed by atoms with Crippen molar-refractivity contribution in [3.63, 3.8) is 0 Å². The number of ether oxygens (including phenoxy) is 2. The molecule has 2 aliphatic rings. The van der Waals surface area contributed by atoms with E-state index < -0.39 is 21.6 Å². The zero-order valence-corrected chi connectivity index (χ0v) is 20.2. The number of piperidine rings is 2. The van der Waals surface area contributed by atoms with Gasteiger partial charge in [-0.3, -0.25) is 9.35 Å². The highest BCUT2D eigenvalue weighted by atomic mass is 35.5. The van der Waals surface area contributed by atoms with Crippen LogP contribution < -0.4 is 19.1 Å². The van der Waals surface area contributed by atoms with Gasteiger partial charge in [0.1, 0.15) is 11.5 Å². The zero-order chi connectivity index (χ0) is 22.9. The average molecular weight is 497 g/mol. The highest BCUT2D eigenvalue weighted by Gasteiger charge is 2.52. The van der Waals surface area contributed by atoms with Crippen LogP contribution in [0.15, 0.2) is 48.5 Å². The normalized spacial score (nSPS) is 24.4. The van der Waals surface area contributed by atoms with Crippen molar-refractivity contribution in [1.29, 1.82) is 0 Å². The SMILES string of the molecule is COc1cccc(C2(C(=O)NS(=O)(=O)O)CC3CCCC(C2)N3c2ccccc2OC)c1.Cl. The van der Waals surface area contributed by atoms with Crippen LogP contribution in [0, 0.1) is 0 Å². The number of fused-ring (bicyclic) bond motifs is 2. The summed E-state index contributed by atoms with van der Waals surface area (Å²) in [7, 11) is -1.52. The van der Waals surface area contributed by atoms with E-state index in [0.717, 1.165) is 30.7 Å². The van der Waals surface area contributed by atoms with Crippen LogP contribution in [0.3, 0.4) is 0 Å². The molecule has 0 spiro atoms. The van der Waals surface area contributed by atoms with E-state index in [0.29, 0.717) is 24.2 Å². The quantitative estimate of drug-likeness (QED) is 0.589. The van der Waals surface area contributed by atoms with Crippen molar-refractivity contribution < 1.29 is 27.2 Å². The van der Waals surface area contributed by atoms with Crippen molar-refractivity contribution in [2.45, 2.75) is 49.6 Å². The third-order valence-corrected chi connectivity index (χ3v) is 7.11. The highest BCUT2D eigenvalue weighted by molar-refractivity contribution is 7.84. The molecule has 180 valence electrons. The lowest BCUT2D eigenvalue weighted by Gasteiger charge is -2.54. The summed E-state index contributed by atoms with van der Waals surface area (Å²) in [5.41, 5.74) is 0.521. The number of amides is 1.